The molecule has 0 aliphatic heterocycles. The van der Waals surface area contributed by atoms with Gasteiger partial charge in [-0.25, -0.2) is 0 Å². The fourth-order valence-electron chi connectivity index (χ4n) is 3.07. The normalized spacial score (nSPS) is 16.7. The van der Waals surface area contributed by atoms with Gasteiger partial charge in [-0.3, -0.25) is 9.89 Å². The molecule has 0 radical (unpaired) electrons. The van der Waals surface area contributed by atoms with Crippen LogP contribution in [0, 0.1) is 0 Å². The van der Waals surface area contributed by atoms with Crippen LogP contribution in [0.15, 0.2) is 30.5 Å². The van der Waals surface area contributed by atoms with E-state index in [0.717, 1.165) is 31.6 Å². The highest BCUT2D eigenvalue weighted by Crippen LogP contribution is 2.29. The van der Waals surface area contributed by atoms with Crippen LogP contribution in [-0.2, 0) is 12.8 Å². The second kappa shape index (κ2) is 7.28. The van der Waals surface area contributed by atoms with Gasteiger partial charge in [0.1, 0.15) is 11.4 Å². The maximum Gasteiger partial charge on any atom is 0.269 e. The first-order chi connectivity index (χ1) is 11.3. The molecule has 1 aromatic heterocycles. The Kier molecular flexibility index (Phi) is 4.92. The first kappa shape index (κ1) is 15.6. The molecule has 3 N–H and O–H groups in total. The Morgan fingerprint density at radius 1 is 1.39 bits per heavy atom. The minimum absolute atomic E-state index is 0.122. The molecule has 0 spiro atoms. The molecule has 1 aromatic carbocycles. The lowest BCUT2D eigenvalue weighted by Gasteiger charge is -2.26. The summed E-state index contributed by atoms with van der Waals surface area (Å²) in [7, 11) is 1.72. The summed E-state index contributed by atoms with van der Waals surface area (Å²) in [6, 6.07) is 8.35. The van der Waals surface area contributed by atoms with Crippen LogP contribution in [0.3, 0.4) is 0 Å². The van der Waals surface area contributed by atoms with Crippen LogP contribution in [0.5, 0.6) is 5.75 Å². The lowest BCUT2D eigenvalue weighted by atomic mass is 9.87. The number of amides is 1. The van der Waals surface area contributed by atoms with Crippen molar-refractivity contribution in [2.24, 2.45) is 0 Å². The standard InChI is InChI=1S/C17H22N4O2/c1-23-16-4-2-3-12-11-13(5-6-14(12)16)18-9-10-19-17(22)15-7-8-20-21-15/h2-4,7-8,13,18H,5-6,9-11H2,1H3,(H,19,22)(H,20,21)/t13-/m1/s1. The third-order valence-electron chi connectivity index (χ3n) is 4.25. The molecule has 1 atom stereocenters. The first-order valence-electron chi connectivity index (χ1n) is 7.93. The molecule has 1 aliphatic rings. The quantitative estimate of drug-likeness (QED) is 0.702. The van der Waals surface area contributed by atoms with Gasteiger partial charge in [-0.1, -0.05) is 12.1 Å². The molecular weight excluding hydrogens is 292 g/mol. The average molecular weight is 314 g/mol. The van der Waals surface area contributed by atoms with Crippen molar-refractivity contribution in [3.05, 3.63) is 47.3 Å². The number of benzene rings is 1. The van der Waals surface area contributed by atoms with Crippen molar-refractivity contribution in [3.63, 3.8) is 0 Å². The maximum absolute atomic E-state index is 11.8. The third-order valence-corrected chi connectivity index (χ3v) is 4.25. The zero-order valence-electron chi connectivity index (χ0n) is 13.3. The Hall–Kier alpha value is -2.34. The Bertz CT molecular complexity index is 655. The molecule has 3 rings (SSSR count). The fourth-order valence-corrected chi connectivity index (χ4v) is 3.07. The van der Waals surface area contributed by atoms with E-state index in [2.05, 4.69) is 26.9 Å². The van der Waals surface area contributed by atoms with Crippen LogP contribution < -0.4 is 15.4 Å². The first-order valence-corrected chi connectivity index (χ1v) is 7.93. The predicted molar refractivity (Wildman–Crippen MR) is 87.7 cm³/mol. The van der Waals surface area contributed by atoms with E-state index in [1.807, 2.05) is 12.1 Å². The Morgan fingerprint density at radius 2 is 2.30 bits per heavy atom. The molecule has 0 saturated heterocycles. The molecule has 1 amide bonds. The topological polar surface area (TPSA) is 79.0 Å². The summed E-state index contributed by atoms with van der Waals surface area (Å²) in [5.41, 5.74) is 3.18. The van der Waals surface area contributed by atoms with Crippen molar-refractivity contribution in [1.82, 2.24) is 20.8 Å². The van der Waals surface area contributed by atoms with Crippen molar-refractivity contribution in [2.45, 2.75) is 25.3 Å². The highest BCUT2D eigenvalue weighted by atomic mass is 16.5. The van der Waals surface area contributed by atoms with Gasteiger partial charge < -0.3 is 15.4 Å². The van der Waals surface area contributed by atoms with Gasteiger partial charge in [-0.2, -0.15) is 5.10 Å². The summed E-state index contributed by atoms with van der Waals surface area (Å²) >= 11 is 0. The summed E-state index contributed by atoms with van der Waals surface area (Å²) in [5.74, 6) is 0.871. The molecule has 23 heavy (non-hydrogen) atoms. The van der Waals surface area contributed by atoms with E-state index in [0.29, 0.717) is 18.3 Å². The van der Waals surface area contributed by atoms with Gasteiger partial charge in [0.2, 0.25) is 0 Å². The van der Waals surface area contributed by atoms with E-state index in [1.54, 1.807) is 19.4 Å². The Labute approximate surface area is 135 Å². The molecular formula is C17H22N4O2. The number of rotatable bonds is 6. The number of nitrogens with one attached hydrogen (secondary N) is 3. The SMILES string of the molecule is COc1cccc2c1CC[C@@H](NCCNC(=O)c1ccn[nH]1)C2. The molecule has 1 aliphatic carbocycles. The van der Waals surface area contributed by atoms with Crippen molar-refractivity contribution in [1.29, 1.82) is 0 Å². The minimum Gasteiger partial charge on any atom is -0.496 e. The van der Waals surface area contributed by atoms with Gasteiger partial charge in [0, 0.05) is 25.3 Å². The average Bonchev–Trinajstić information content (AvgIpc) is 3.12. The van der Waals surface area contributed by atoms with Gasteiger partial charge in [-0.15, -0.1) is 0 Å². The van der Waals surface area contributed by atoms with Crippen LogP contribution >= 0.6 is 0 Å². The lowest BCUT2D eigenvalue weighted by molar-refractivity contribution is 0.0948. The van der Waals surface area contributed by atoms with Gasteiger partial charge in [0.05, 0.1) is 7.11 Å². The molecule has 2 aromatic rings. The van der Waals surface area contributed by atoms with E-state index in [-0.39, 0.29) is 5.91 Å². The van der Waals surface area contributed by atoms with E-state index in [4.69, 9.17) is 4.74 Å². The van der Waals surface area contributed by atoms with Crippen molar-refractivity contribution in [3.8, 4) is 5.75 Å². The number of hydrogen-bond acceptors (Lipinski definition) is 4. The highest BCUT2D eigenvalue weighted by molar-refractivity contribution is 5.92. The second-order valence-electron chi connectivity index (χ2n) is 5.72. The van der Waals surface area contributed by atoms with Crippen LogP contribution in [0.2, 0.25) is 0 Å². The number of nitrogens with zero attached hydrogens (tertiary/aromatic N) is 1. The maximum atomic E-state index is 11.8. The number of fused-ring (bicyclic) bond motifs is 1. The van der Waals surface area contributed by atoms with Crippen LogP contribution in [0.1, 0.15) is 28.0 Å². The molecule has 0 fully saturated rings. The summed E-state index contributed by atoms with van der Waals surface area (Å²) in [5, 5.41) is 12.8. The summed E-state index contributed by atoms with van der Waals surface area (Å²) in [6.07, 6.45) is 4.68. The number of carbonyl (C=O) groups excluding carboxylic acids is 1. The number of H-pyrrole nitrogens is 1. The third kappa shape index (κ3) is 3.71. The summed E-state index contributed by atoms with van der Waals surface area (Å²) in [6.45, 7) is 1.35. The number of hydrogen-bond donors (Lipinski definition) is 3. The number of aromatic nitrogens is 2. The second-order valence-corrected chi connectivity index (χ2v) is 5.72. The minimum atomic E-state index is -0.122. The molecule has 0 saturated carbocycles. The number of carbonyl (C=O) groups is 1. The van der Waals surface area contributed by atoms with Crippen molar-refractivity contribution in [2.75, 3.05) is 20.2 Å². The lowest BCUT2D eigenvalue weighted by Crippen LogP contribution is -2.40. The van der Waals surface area contributed by atoms with E-state index < -0.39 is 0 Å². The van der Waals surface area contributed by atoms with Crippen LogP contribution in [0.25, 0.3) is 0 Å². The monoisotopic (exact) mass is 314 g/mol. The molecule has 122 valence electrons. The Balaban J connectivity index is 1.44. The smallest absolute Gasteiger partial charge is 0.269 e. The zero-order chi connectivity index (χ0) is 16.1. The summed E-state index contributed by atoms with van der Waals surface area (Å²) < 4.78 is 5.43. The van der Waals surface area contributed by atoms with E-state index in [9.17, 15) is 4.79 Å². The predicted octanol–water partition coefficient (Wildman–Crippen LogP) is 1.30. The van der Waals surface area contributed by atoms with Gasteiger partial charge in [0.15, 0.2) is 0 Å². The zero-order valence-corrected chi connectivity index (χ0v) is 13.3. The van der Waals surface area contributed by atoms with Gasteiger partial charge in [-0.05, 0) is 42.5 Å². The molecule has 6 heteroatoms. The largest absolute Gasteiger partial charge is 0.496 e. The number of ether oxygens (including phenoxy) is 1. The Morgan fingerprint density at radius 3 is 3.09 bits per heavy atom. The van der Waals surface area contributed by atoms with Crippen molar-refractivity contribution >= 4 is 5.91 Å². The van der Waals surface area contributed by atoms with Gasteiger partial charge >= 0.3 is 0 Å². The van der Waals surface area contributed by atoms with E-state index >= 15 is 0 Å². The van der Waals surface area contributed by atoms with Crippen LogP contribution in [-0.4, -0.2) is 42.3 Å². The molecule has 0 bridgehead atoms. The fraction of sp³-hybridized carbons (Fsp3) is 0.412. The molecule has 0 unspecified atom stereocenters. The van der Waals surface area contributed by atoms with Gasteiger partial charge in [0.25, 0.3) is 5.91 Å². The number of methoxy groups -OCH3 is 1. The van der Waals surface area contributed by atoms with Crippen LogP contribution in [0.4, 0.5) is 0 Å². The highest BCUT2D eigenvalue weighted by Gasteiger charge is 2.20. The summed E-state index contributed by atoms with van der Waals surface area (Å²) in [4.78, 5) is 11.8. The molecule has 6 nitrogen and oxygen atoms in total. The van der Waals surface area contributed by atoms with Crippen molar-refractivity contribution < 1.29 is 9.53 Å². The van der Waals surface area contributed by atoms with E-state index in [1.165, 1.54) is 11.1 Å². The number of aromatic amines is 1. The molecule has 1 heterocycles.